The monoisotopic (exact) mass is 442 g/mol. The molecule has 3 rings (SSSR count). The first-order valence-corrected chi connectivity index (χ1v) is 9.58. The van der Waals surface area contributed by atoms with Gasteiger partial charge in [0.1, 0.15) is 17.3 Å². The third kappa shape index (κ3) is 4.34. The van der Waals surface area contributed by atoms with Crippen molar-refractivity contribution in [1.82, 2.24) is 10.2 Å². The first kappa shape index (κ1) is 26.0. The van der Waals surface area contributed by atoms with Crippen molar-refractivity contribution >= 4 is 46.9 Å². The summed E-state index contributed by atoms with van der Waals surface area (Å²) in [6.07, 6.45) is 0. The number of aliphatic carboxylic acids is 2. The van der Waals surface area contributed by atoms with Gasteiger partial charge in [0.2, 0.25) is 11.8 Å². The zero-order valence-corrected chi connectivity index (χ0v) is 21.8. The minimum atomic E-state index is -1.56. The van der Waals surface area contributed by atoms with E-state index in [1.165, 1.54) is 34.1 Å². The maximum Gasteiger partial charge on any atom is 1.00 e. The summed E-state index contributed by atoms with van der Waals surface area (Å²) >= 11 is 2.54. The first-order valence-electron chi connectivity index (χ1n) is 7.82. The number of carbonyl (C=O) groups excluding carboxylic acids is 4. The van der Waals surface area contributed by atoms with Crippen LogP contribution in [-0.4, -0.2) is 50.9 Å². The molecular weight excluding hydrogens is 426 g/mol. The number of nitrogens with one attached hydrogen (secondary N) is 1. The SMILES string of the molecule is Cc1sccc1C(C(=O)[O-])C(=O)N[C@@H]1C(=O)N2[C@@H]1SC(C)(C)[C@H]2C(=O)[O-].[Na+].[Na+]. The molecule has 1 aromatic rings. The Bertz CT molecular complexity index is 815. The molecule has 0 bridgehead atoms. The molecule has 28 heavy (non-hydrogen) atoms. The zero-order chi connectivity index (χ0) is 19.4. The van der Waals surface area contributed by atoms with Gasteiger partial charge in [-0.1, -0.05) is 0 Å². The standard InChI is InChI=1S/C16H18N2O6S2.2Na/c1-6-7(4-5-25-6)8(14(21)22)11(19)17-9-12(20)18-10(15(23)24)16(2,3)26-13(9)18;;/h4-5,8-10,13H,1-3H3,(H,17,19)(H,21,22)(H,23,24);;/q;2*+1/p-2/t8?,9-,10-,13-;;/m1../s1. The van der Waals surface area contributed by atoms with Crippen molar-refractivity contribution in [2.24, 2.45) is 0 Å². The van der Waals surface area contributed by atoms with Gasteiger partial charge in [-0.25, -0.2) is 0 Å². The maximum atomic E-state index is 12.5. The predicted octanol–water partition coefficient (Wildman–Crippen LogP) is -7.80. The number of carboxylic acid groups (broad SMARTS) is 2. The third-order valence-electron chi connectivity index (χ3n) is 4.67. The number of hydrogen-bond donors (Lipinski definition) is 1. The Morgan fingerprint density at radius 1 is 1.25 bits per heavy atom. The van der Waals surface area contributed by atoms with Crippen LogP contribution in [0.1, 0.15) is 30.2 Å². The Kier molecular flexibility index (Phi) is 8.70. The van der Waals surface area contributed by atoms with Crippen molar-refractivity contribution in [3.63, 3.8) is 0 Å². The van der Waals surface area contributed by atoms with Crippen molar-refractivity contribution in [3.05, 3.63) is 21.9 Å². The summed E-state index contributed by atoms with van der Waals surface area (Å²) in [6, 6.07) is -0.541. The van der Waals surface area contributed by atoms with E-state index in [2.05, 4.69) is 5.32 Å². The van der Waals surface area contributed by atoms with Gasteiger partial charge >= 0.3 is 59.1 Å². The van der Waals surface area contributed by atoms with Gasteiger partial charge in [0.25, 0.3) is 0 Å². The quantitative estimate of drug-likeness (QED) is 0.272. The van der Waals surface area contributed by atoms with Crippen LogP contribution in [0.25, 0.3) is 0 Å². The van der Waals surface area contributed by atoms with Gasteiger partial charge in [0, 0.05) is 9.62 Å². The summed E-state index contributed by atoms with van der Waals surface area (Å²) in [7, 11) is 0. The number of thioether (sulfide) groups is 1. The van der Waals surface area contributed by atoms with Crippen molar-refractivity contribution in [2.45, 2.75) is 48.9 Å². The van der Waals surface area contributed by atoms with Crippen LogP contribution in [-0.2, 0) is 19.2 Å². The number of fused-ring (bicyclic) bond motifs is 1. The smallest absolute Gasteiger partial charge is 0.549 e. The van der Waals surface area contributed by atoms with Crippen molar-refractivity contribution in [2.75, 3.05) is 0 Å². The number of hydrogen-bond acceptors (Lipinski definition) is 8. The number of thiophene rings is 1. The van der Waals surface area contributed by atoms with Crippen LogP contribution in [0.5, 0.6) is 0 Å². The second-order valence-corrected chi connectivity index (χ2v) is 9.64. The van der Waals surface area contributed by atoms with Crippen LogP contribution in [0.3, 0.4) is 0 Å². The molecule has 3 heterocycles. The molecule has 0 radical (unpaired) electrons. The van der Waals surface area contributed by atoms with Gasteiger partial charge in [0.15, 0.2) is 0 Å². The van der Waals surface area contributed by atoms with Crippen LogP contribution in [0, 0.1) is 6.92 Å². The Hall–Kier alpha value is -0.0700. The van der Waals surface area contributed by atoms with Crippen molar-refractivity contribution in [1.29, 1.82) is 0 Å². The van der Waals surface area contributed by atoms with E-state index in [4.69, 9.17) is 0 Å². The average molecular weight is 442 g/mol. The Morgan fingerprint density at radius 3 is 2.32 bits per heavy atom. The van der Waals surface area contributed by atoms with E-state index in [1.807, 2.05) is 0 Å². The van der Waals surface area contributed by atoms with E-state index >= 15 is 0 Å². The maximum absolute atomic E-state index is 12.5. The molecule has 1 aromatic heterocycles. The second-order valence-electron chi connectivity index (χ2n) is 6.75. The fourth-order valence-electron chi connectivity index (χ4n) is 3.43. The molecule has 0 saturated carbocycles. The van der Waals surface area contributed by atoms with Crippen molar-refractivity contribution in [3.8, 4) is 0 Å². The van der Waals surface area contributed by atoms with E-state index in [0.29, 0.717) is 10.4 Å². The summed E-state index contributed by atoms with van der Waals surface area (Å²) in [6.45, 7) is 5.06. The number of carboxylic acids is 2. The molecular formula is C16H16N2Na2O6S2. The Balaban J connectivity index is 0.00000196. The normalized spacial score (nSPS) is 25.5. The third-order valence-corrected chi connectivity index (χ3v) is 7.10. The van der Waals surface area contributed by atoms with Gasteiger partial charge in [0.05, 0.1) is 18.0 Å². The molecule has 8 nitrogen and oxygen atoms in total. The van der Waals surface area contributed by atoms with Gasteiger partial charge in [-0.15, -0.1) is 23.1 Å². The first-order chi connectivity index (χ1) is 12.1. The molecule has 2 aliphatic rings. The number of β-lactam (4-membered cyclic amide) rings is 1. The summed E-state index contributed by atoms with van der Waals surface area (Å²) in [5, 5.41) is 26.4. The molecule has 2 saturated heterocycles. The fraction of sp³-hybridized carbons (Fsp3) is 0.500. The van der Waals surface area contributed by atoms with Crippen molar-refractivity contribution < 1.29 is 88.5 Å². The molecule has 0 spiro atoms. The van der Waals surface area contributed by atoms with E-state index in [-0.39, 0.29) is 59.1 Å². The molecule has 4 atom stereocenters. The summed E-state index contributed by atoms with van der Waals surface area (Å²) in [5.41, 5.74) is 0.322. The minimum absolute atomic E-state index is 0. The van der Waals surface area contributed by atoms with Crippen LogP contribution in [0.2, 0.25) is 0 Å². The molecule has 1 unspecified atom stereocenters. The van der Waals surface area contributed by atoms with Gasteiger partial charge in [-0.05, 0) is 37.8 Å². The Morgan fingerprint density at radius 2 is 1.86 bits per heavy atom. The number of amides is 2. The summed E-state index contributed by atoms with van der Waals surface area (Å²) in [5.74, 6) is -5.85. The molecule has 0 aliphatic carbocycles. The molecule has 12 heteroatoms. The molecule has 2 amide bonds. The van der Waals surface area contributed by atoms with Crippen LogP contribution in [0.4, 0.5) is 0 Å². The zero-order valence-electron chi connectivity index (χ0n) is 16.2. The largest absolute Gasteiger partial charge is 1.00 e. The average Bonchev–Trinajstić information content (AvgIpc) is 3.04. The van der Waals surface area contributed by atoms with E-state index in [1.54, 1.807) is 26.2 Å². The minimum Gasteiger partial charge on any atom is -0.549 e. The number of rotatable bonds is 5. The molecule has 140 valence electrons. The van der Waals surface area contributed by atoms with Gasteiger partial charge in [-0.3, -0.25) is 9.59 Å². The van der Waals surface area contributed by atoms with E-state index in [0.717, 1.165) is 0 Å². The fourth-order valence-corrected chi connectivity index (χ4v) is 5.79. The number of aryl methyl sites for hydroxylation is 1. The van der Waals surface area contributed by atoms with Crippen LogP contribution >= 0.6 is 23.1 Å². The molecule has 2 aliphatic heterocycles. The second kappa shape index (κ2) is 9.38. The molecule has 2 fully saturated rings. The van der Waals surface area contributed by atoms with Gasteiger partial charge < -0.3 is 30.0 Å². The van der Waals surface area contributed by atoms with E-state index in [9.17, 15) is 29.4 Å². The Labute approximate surface area is 214 Å². The molecule has 0 aromatic carbocycles. The molecule has 1 N–H and O–H groups in total. The number of carbonyl (C=O) groups is 4. The van der Waals surface area contributed by atoms with E-state index < -0.39 is 51.9 Å². The predicted molar refractivity (Wildman–Crippen MR) is 89.8 cm³/mol. The van der Waals surface area contributed by atoms with Gasteiger partial charge in [-0.2, -0.15) is 0 Å². The summed E-state index contributed by atoms with van der Waals surface area (Å²) < 4.78 is -0.781. The van der Waals surface area contributed by atoms with Crippen LogP contribution in [0.15, 0.2) is 11.4 Å². The number of nitrogens with zero attached hydrogens (tertiary/aromatic N) is 1. The topological polar surface area (TPSA) is 130 Å². The summed E-state index contributed by atoms with van der Waals surface area (Å²) in [4.78, 5) is 49.6. The van der Waals surface area contributed by atoms with Crippen LogP contribution < -0.4 is 74.6 Å².